The maximum atomic E-state index is 5.36. The van der Waals surface area contributed by atoms with Gasteiger partial charge in [0.15, 0.2) is 0 Å². The van der Waals surface area contributed by atoms with Crippen LogP contribution in [0.15, 0.2) is 12.1 Å². The van der Waals surface area contributed by atoms with E-state index in [1.807, 2.05) is 18.0 Å². The Hall–Kier alpha value is -1.26. The number of methoxy groups -OCH3 is 1. The lowest BCUT2D eigenvalue weighted by molar-refractivity contribution is 0.414. The van der Waals surface area contributed by atoms with Gasteiger partial charge in [-0.05, 0) is 31.0 Å². The summed E-state index contributed by atoms with van der Waals surface area (Å²) in [7, 11) is 3.65. The molecular formula is C11H19N3O. The van der Waals surface area contributed by atoms with E-state index in [0.29, 0.717) is 6.67 Å². The van der Waals surface area contributed by atoms with E-state index in [4.69, 9.17) is 10.6 Å². The van der Waals surface area contributed by atoms with Crippen molar-refractivity contribution in [1.29, 1.82) is 0 Å². The number of benzene rings is 1. The number of rotatable bonds is 4. The van der Waals surface area contributed by atoms with Crippen LogP contribution in [0.5, 0.6) is 5.75 Å². The molecular weight excluding hydrogens is 190 g/mol. The van der Waals surface area contributed by atoms with Crippen LogP contribution in [0, 0.1) is 13.8 Å². The highest BCUT2D eigenvalue weighted by Gasteiger charge is 2.11. The van der Waals surface area contributed by atoms with Gasteiger partial charge in [-0.2, -0.15) is 0 Å². The Morgan fingerprint density at radius 1 is 1.40 bits per heavy atom. The van der Waals surface area contributed by atoms with Crippen molar-refractivity contribution in [2.75, 3.05) is 25.7 Å². The molecule has 4 nitrogen and oxygen atoms in total. The molecule has 0 aliphatic carbocycles. The fourth-order valence-corrected chi connectivity index (χ4v) is 1.78. The summed E-state index contributed by atoms with van der Waals surface area (Å²) in [5.74, 6) is 6.19. The van der Waals surface area contributed by atoms with Crippen molar-refractivity contribution in [3.05, 3.63) is 23.3 Å². The maximum absolute atomic E-state index is 5.36. The quantitative estimate of drug-likeness (QED) is 0.444. The highest BCUT2D eigenvalue weighted by Crippen LogP contribution is 2.31. The Morgan fingerprint density at radius 2 is 2.07 bits per heavy atom. The predicted octanol–water partition coefficient (Wildman–Crippen LogP) is 1.17. The SMILES string of the molecule is COc1cc(C)cc(C)c1N(C)CNN. The number of hydrogen-bond donors (Lipinski definition) is 2. The Labute approximate surface area is 91.0 Å². The number of hydrazine groups is 1. The minimum atomic E-state index is 0.584. The van der Waals surface area contributed by atoms with Gasteiger partial charge in [0.05, 0.1) is 19.5 Å². The summed E-state index contributed by atoms with van der Waals surface area (Å²) in [6.45, 7) is 4.71. The van der Waals surface area contributed by atoms with Crippen LogP contribution in [0.4, 0.5) is 5.69 Å². The molecule has 0 bridgehead atoms. The summed E-state index contributed by atoms with van der Waals surface area (Å²) in [5, 5.41) is 0. The smallest absolute Gasteiger partial charge is 0.142 e. The van der Waals surface area contributed by atoms with Crippen LogP contribution in [-0.4, -0.2) is 20.8 Å². The van der Waals surface area contributed by atoms with E-state index in [0.717, 1.165) is 11.4 Å². The zero-order valence-electron chi connectivity index (χ0n) is 9.79. The average Bonchev–Trinajstić information content (AvgIpc) is 2.16. The molecule has 0 unspecified atom stereocenters. The van der Waals surface area contributed by atoms with Gasteiger partial charge in [0, 0.05) is 7.05 Å². The second kappa shape index (κ2) is 5.00. The van der Waals surface area contributed by atoms with Gasteiger partial charge in [-0.3, -0.25) is 5.84 Å². The Morgan fingerprint density at radius 3 is 2.60 bits per heavy atom. The van der Waals surface area contributed by atoms with E-state index >= 15 is 0 Å². The van der Waals surface area contributed by atoms with Crippen LogP contribution in [0.2, 0.25) is 0 Å². The van der Waals surface area contributed by atoms with Crippen molar-refractivity contribution >= 4 is 5.69 Å². The van der Waals surface area contributed by atoms with Crippen molar-refractivity contribution in [2.45, 2.75) is 13.8 Å². The first-order valence-corrected chi connectivity index (χ1v) is 4.90. The molecule has 1 rings (SSSR count). The van der Waals surface area contributed by atoms with Gasteiger partial charge in [-0.15, -0.1) is 0 Å². The fraction of sp³-hybridized carbons (Fsp3) is 0.455. The molecule has 0 atom stereocenters. The summed E-state index contributed by atoms with van der Waals surface area (Å²) in [5.41, 5.74) is 6.08. The van der Waals surface area contributed by atoms with Gasteiger partial charge < -0.3 is 9.64 Å². The lowest BCUT2D eigenvalue weighted by Gasteiger charge is -2.23. The number of aryl methyl sites for hydroxylation is 2. The zero-order valence-corrected chi connectivity index (χ0v) is 9.79. The molecule has 0 saturated carbocycles. The number of nitrogens with one attached hydrogen (secondary N) is 1. The molecule has 3 N–H and O–H groups in total. The minimum absolute atomic E-state index is 0.584. The molecule has 0 spiro atoms. The molecule has 1 aromatic rings. The zero-order chi connectivity index (χ0) is 11.4. The Kier molecular flexibility index (Phi) is 3.94. The molecule has 0 aliphatic heterocycles. The van der Waals surface area contributed by atoms with Crippen LogP contribution in [0.1, 0.15) is 11.1 Å². The second-order valence-corrected chi connectivity index (χ2v) is 3.69. The molecule has 0 heterocycles. The summed E-state index contributed by atoms with van der Waals surface area (Å²) in [4.78, 5) is 2.02. The molecule has 84 valence electrons. The maximum Gasteiger partial charge on any atom is 0.142 e. The summed E-state index contributed by atoms with van der Waals surface area (Å²) in [6.07, 6.45) is 0. The summed E-state index contributed by atoms with van der Waals surface area (Å²) < 4.78 is 5.36. The van der Waals surface area contributed by atoms with Gasteiger partial charge in [0.2, 0.25) is 0 Å². The molecule has 0 fully saturated rings. The van der Waals surface area contributed by atoms with Crippen molar-refractivity contribution in [3.8, 4) is 5.75 Å². The largest absolute Gasteiger partial charge is 0.495 e. The average molecular weight is 209 g/mol. The van der Waals surface area contributed by atoms with Crippen LogP contribution >= 0.6 is 0 Å². The van der Waals surface area contributed by atoms with Gasteiger partial charge in [-0.1, -0.05) is 6.07 Å². The predicted molar refractivity (Wildman–Crippen MR) is 63.1 cm³/mol. The number of nitrogens with zero attached hydrogens (tertiary/aromatic N) is 1. The van der Waals surface area contributed by atoms with E-state index in [-0.39, 0.29) is 0 Å². The topological polar surface area (TPSA) is 50.5 Å². The van der Waals surface area contributed by atoms with Gasteiger partial charge in [0.25, 0.3) is 0 Å². The Balaban J connectivity index is 3.14. The molecule has 0 saturated heterocycles. The molecule has 15 heavy (non-hydrogen) atoms. The highest BCUT2D eigenvalue weighted by molar-refractivity contribution is 5.64. The number of anilines is 1. The van der Waals surface area contributed by atoms with Crippen molar-refractivity contribution in [3.63, 3.8) is 0 Å². The van der Waals surface area contributed by atoms with E-state index in [1.165, 1.54) is 11.1 Å². The standard InChI is InChI=1S/C11H19N3O/c1-8-5-9(2)11(10(6-8)15-4)14(3)7-13-12/h5-6,13H,7,12H2,1-4H3. The van der Waals surface area contributed by atoms with E-state index in [2.05, 4.69) is 25.3 Å². The number of ether oxygens (including phenoxy) is 1. The molecule has 0 aliphatic rings. The Bertz CT molecular complexity index is 339. The first-order chi connectivity index (χ1) is 7.10. The van der Waals surface area contributed by atoms with Gasteiger partial charge in [0.1, 0.15) is 5.75 Å². The molecule has 0 amide bonds. The number of hydrogen-bond acceptors (Lipinski definition) is 4. The molecule has 4 heteroatoms. The van der Waals surface area contributed by atoms with E-state index in [1.54, 1.807) is 7.11 Å². The third kappa shape index (κ3) is 2.61. The lowest BCUT2D eigenvalue weighted by atomic mass is 10.1. The minimum Gasteiger partial charge on any atom is -0.495 e. The van der Waals surface area contributed by atoms with E-state index < -0.39 is 0 Å². The van der Waals surface area contributed by atoms with Gasteiger partial charge >= 0.3 is 0 Å². The number of nitrogens with two attached hydrogens (primary N) is 1. The monoisotopic (exact) mass is 209 g/mol. The van der Waals surface area contributed by atoms with Crippen LogP contribution in [0.3, 0.4) is 0 Å². The second-order valence-electron chi connectivity index (χ2n) is 3.69. The normalized spacial score (nSPS) is 10.2. The van der Waals surface area contributed by atoms with E-state index in [9.17, 15) is 0 Å². The summed E-state index contributed by atoms with van der Waals surface area (Å²) in [6, 6.07) is 4.15. The molecule has 1 aromatic carbocycles. The summed E-state index contributed by atoms with van der Waals surface area (Å²) >= 11 is 0. The van der Waals surface area contributed by atoms with Crippen molar-refractivity contribution < 1.29 is 4.74 Å². The first-order valence-electron chi connectivity index (χ1n) is 4.90. The highest BCUT2D eigenvalue weighted by atomic mass is 16.5. The van der Waals surface area contributed by atoms with Gasteiger partial charge in [-0.25, -0.2) is 5.43 Å². The molecule has 0 aromatic heterocycles. The lowest BCUT2D eigenvalue weighted by Crippen LogP contribution is -2.35. The third-order valence-electron chi connectivity index (χ3n) is 2.34. The van der Waals surface area contributed by atoms with Crippen LogP contribution in [-0.2, 0) is 0 Å². The fourth-order valence-electron chi connectivity index (χ4n) is 1.78. The van der Waals surface area contributed by atoms with Crippen molar-refractivity contribution in [1.82, 2.24) is 5.43 Å². The van der Waals surface area contributed by atoms with Crippen LogP contribution in [0.25, 0.3) is 0 Å². The first kappa shape index (κ1) is 11.8. The molecule has 0 radical (unpaired) electrons. The van der Waals surface area contributed by atoms with Crippen LogP contribution < -0.4 is 20.9 Å². The van der Waals surface area contributed by atoms with Crippen molar-refractivity contribution in [2.24, 2.45) is 5.84 Å². The third-order valence-corrected chi connectivity index (χ3v) is 2.34.